The highest BCUT2D eigenvalue weighted by atomic mass is 16.6. The third-order valence-electron chi connectivity index (χ3n) is 4.01. The number of carboxylic acid groups (broad SMARTS) is 1. The molecule has 1 atom stereocenters. The zero-order valence-electron chi connectivity index (χ0n) is 15.4. The molecule has 148 valence electrons. The zero-order chi connectivity index (χ0) is 20.5. The number of nitrogens with zero attached hydrogens (tertiary/aromatic N) is 1. The lowest BCUT2D eigenvalue weighted by molar-refractivity contribution is -0.680. The number of hydrogen-bond donors (Lipinski definition) is 3. The highest BCUT2D eigenvalue weighted by molar-refractivity contribution is 5.93. The van der Waals surface area contributed by atoms with Gasteiger partial charge in [0.05, 0.1) is 30.4 Å². The Kier molecular flexibility index (Phi) is 7.46. The van der Waals surface area contributed by atoms with Crippen molar-refractivity contribution in [3.8, 4) is 0 Å². The summed E-state index contributed by atoms with van der Waals surface area (Å²) in [5, 5.41) is 29.2. The minimum Gasteiger partial charge on any atom is -0.544 e. The first-order valence-electron chi connectivity index (χ1n) is 8.74. The van der Waals surface area contributed by atoms with Gasteiger partial charge in [-0.25, -0.2) is 0 Å². The lowest BCUT2D eigenvalue weighted by Crippen LogP contribution is -2.94. The van der Waals surface area contributed by atoms with Crippen LogP contribution in [0.15, 0.2) is 48.5 Å². The second-order valence-electron chi connectivity index (χ2n) is 6.30. The van der Waals surface area contributed by atoms with Crippen molar-refractivity contribution < 1.29 is 24.9 Å². The summed E-state index contributed by atoms with van der Waals surface area (Å²) in [6.45, 7) is 2.95. The number of non-ortho nitro benzene ring substituents is 1. The Balaban J connectivity index is 1.80. The smallest absolute Gasteiger partial charge is 0.269 e. The van der Waals surface area contributed by atoms with Gasteiger partial charge in [0.25, 0.3) is 5.69 Å². The van der Waals surface area contributed by atoms with Crippen LogP contribution in [0.25, 0.3) is 0 Å². The number of amides is 1. The molecular formula is C19H22N4O5. The van der Waals surface area contributed by atoms with Crippen LogP contribution in [0.2, 0.25) is 0 Å². The normalized spacial score (nSPS) is 11.5. The number of carbonyl (C=O) groups excluding carboxylic acids is 2. The number of quaternary nitrogens is 1. The molecule has 28 heavy (non-hydrogen) atoms. The van der Waals surface area contributed by atoms with Crippen molar-refractivity contribution in [3.63, 3.8) is 0 Å². The zero-order valence-corrected chi connectivity index (χ0v) is 15.4. The fourth-order valence-corrected chi connectivity index (χ4v) is 2.60. The first kappa shape index (κ1) is 20.8. The number of rotatable bonds is 10. The van der Waals surface area contributed by atoms with Crippen LogP contribution in [0.3, 0.4) is 0 Å². The summed E-state index contributed by atoms with van der Waals surface area (Å²) in [5.74, 6) is -1.83. The van der Waals surface area contributed by atoms with Crippen molar-refractivity contribution in [2.45, 2.75) is 19.4 Å². The third-order valence-corrected chi connectivity index (χ3v) is 4.01. The number of hydrogen-bond acceptors (Lipinski definition) is 6. The molecule has 2 aromatic rings. The number of carbonyl (C=O) groups is 2. The van der Waals surface area contributed by atoms with Gasteiger partial charge in [0, 0.05) is 23.5 Å². The van der Waals surface area contributed by atoms with Gasteiger partial charge < -0.3 is 25.9 Å². The minimum absolute atomic E-state index is 0.0972. The van der Waals surface area contributed by atoms with Crippen LogP contribution in [0.4, 0.5) is 17.1 Å². The number of aliphatic carboxylic acids is 1. The lowest BCUT2D eigenvalue weighted by Gasteiger charge is -2.17. The van der Waals surface area contributed by atoms with Crippen LogP contribution in [0.5, 0.6) is 0 Å². The molecule has 0 aliphatic heterocycles. The van der Waals surface area contributed by atoms with E-state index in [1.165, 1.54) is 29.6 Å². The largest absolute Gasteiger partial charge is 0.544 e. The van der Waals surface area contributed by atoms with E-state index >= 15 is 0 Å². The van der Waals surface area contributed by atoms with Crippen molar-refractivity contribution in [2.75, 3.05) is 23.7 Å². The van der Waals surface area contributed by atoms with E-state index in [2.05, 4.69) is 10.6 Å². The third kappa shape index (κ3) is 6.69. The number of nitro groups is 1. The van der Waals surface area contributed by atoms with Crippen molar-refractivity contribution in [2.24, 2.45) is 0 Å². The predicted molar refractivity (Wildman–Crippen MR) is 102 cm³/mol. The average molecular weight is 386 g/mol. The summed E-state index contributed by atoms with van der Waals surface area (Å²) in [6.07, 6.45) is -0.274. The number of nitro benzene ring substituents is 1. The van der Waals surface area contributed by atoms with E-state index in [9.17, 15) is 24.8 Å². The van der Waals surface area contributed by atoms with E-state index in [0.29, 0.717) is 18.8 Å². The Morgan fingerprint density at radius 1 is 1.14 bits per heavy atom. The molecule has 0 aromatic heterocycles. The van der Waals surface area contributed by atoms with Gasteiger partial charge in [-0.3, -0.25) is 14.9 Å². The van der Waals surface area contributed by atoms with E-state index in [0.717, 1.165) is 11.3 Å². The molecule has 0 saturated carbocycles. The molecular weight excluding hydrogens is 364 g/mol. The summed E-state index contributed by atoms with van der Waals surface area (Å²) >= 11 is 0. The molecule has 0 saturated heterocycles. The maximum absolute atomic E-state index is 12.1. The molecule has 0 fully saturated rings. The first-order valence-corrected chi connectivity index (χ1v) is 8.74. The van der Waals surface area contributed by atoms with Gasteiger partial charge in [-0.2, -0.15) is 0 Å². The Bertz CT molecular complexity index is 838. The van der Waals surface area contributed by atoms with Crippen LogP contribution >= 0.6 is 0 Å². The van der Waals surface area contributed by atoms with E-state index in [-0.39, 0.29) is 12.1 Å². The second-order valence-corrected chi connectivity index (χ2v) is 6.30. The minimum atomic E-state index is -1.32. The van der Waals surface area contributed by atoms with E-state index < -0.39 is 22.8 Å². The maximum Gasteiger partial charge on any atom is 0.269 e. The Hall–Kier alpha value is -3.46. The summed E-state index contributed by atoms with van der Waals surface area (Å²) in [4.78, 5) is 33.4. The van der Waals surface area contributed by atoms with Gasteiger partial charge in [-0.1, -0.05) is 12.1 Å². The standard InChI is InChI=1S/C19H22N4O5/c1-13-3-2-4-15(11-13)20-9-10-21-17(19(25)26)12-18(24)22-14-5-7-16(8-6-14)23(27)28/h2-8,11,17,20-21H,9-10,12H2,1H3,(H,22,24)(H,25,26)/t17-/m1/s1. The molecule has 0 unspecified atom stereocenters. The van der Waals surface area contributed by atoms with Crippen LogP contribution in [0, 0.1) is 17.0 Å². The van der Waals surface area contributed by atoms with E-state index in [1.807, 2.05) is 31.2 Å². The Morgan fingerprint density at radius 2 is 1.86 bits per heavy atom. The molecule has 0 heterocycles. The van der Waals surface area contributed by atoms with Crippen molar-refractivity contribution >= 4 is 28.9 Å². The van der Waals surface area contributed by atoms with Crippen LogP contribution in [-0.2, 0) is 9.59 Å². The number of benzene rings is 2. The predicted octanol–water partition coefficient (Wildman–Crippen LogP) is 0.0258. The first-order chi connectivity index (χ1) is 13.3. The number of nitrogens with one attached hydrogen (secondary N) is 2. The number of aryl methyl sites for hydroxylation is 1. The molecule has 0 radical (unpaired) electrons. The fraction of sp³-hybridized carbons (Fsp3) is 0.263. The van der Waals surface area contributed by atoms with Crippen molar-refractivity contribution in [1.82, 2.24) is 0 Å². The monoisotopic (exact) mass is 386 g/mol. The van der Waals surface area contributed by atoms with E-state index in [1.54, 1.807) is 0 Å². The highest BCUT2D eigenvalue weighted by Gasteiger charge is 2.18. The molecule has 9 nitrogen and oxygen atoms in total. The number of carboxylic acids is 1. The molecule has 9 heteroatoms. The number of nitrogens with two attached hydrogens (primary N) is 1. The molecule has 4 N–H and O–H groups in total. The topological polar surface area (TPSA) is 141 Å². The average Bonchev–Trinajstić information content (AvgIpc) is 2.64. The fourth-order valence-electron chi connectivity index (χ4n) is 2.60. The number of anilines is 2. The molecule has 2 aromatic carbocycles. The summed E-state index contributed by atoms with van der Waals surface area (Å²) in [6, 6.07) is 12.1. The van der Waals surface area contributed by atoms with Gasteiger partial charge in [-0.05, 0) is 36.8 Å². The summed E-state index contributed by atoms with van der Waals surface area (Å²) in [5.41, 5.74) is 2.31. The van der Waals surface area contributed by atoms with Gasteiger partial charge in [0.1, 0.15) is 6.04 Å². The van der Waals surface area contributed by atoms with Crippen LogP contribution < -0.4 is 21.1 Å². The van der Waals surface area contributed by atoms with Crippen molar-refractivity contribution in [3.05, 3.63) is 64.2 Å². The van der Waals surface area contributed by atoms with Crippen LogP contribution in [0.1, 0.15) is 12.0 Å². The van der Waals surface area contributed by atoms with Gasteiger partial charge >= 0.3 is 0 Å². The van der Waals surface area contributed by atoms with Crippen LogP contribution in [-0.4, -0.2) is 35.9 Å². The molecule has 0 aliphatic carbocycles. The quantitative estimate of drug-likeness (QED) is 0.299. The maximum atomic E-state index is 12.1. The lowest BCUT2D eigenvalue weighted by atomic mass is 10.2. The van der Waals surface area contributed by atoms with Crippen molar-refractivity contribution in [1.29, 1.82) is 0 Å². The van der Waals surface area contributed by atoms with Gasteiger partial charge in [0.15, 0.2) is 0 Å². The van der Waals surface area contributed by atoms with Gasteiger partial charge in [0.2, 0.25) is 5.91 Å². The molecule has 1 amide bonds. The van der Waals surface area contributed by atoms with E-state index in [4.69, 9.17) is 0 Å². The molecule has 2 rings (SSSR count). The highest BCUT2D eigenvalue weighted by Crippen LogP contribution is 2.15. The second kappa shape index (κ2) is 10.0. The molecule has 0 bridgehead atoms. The summed E-state index contributed by atoms with van der Waals surface area (Å²) in [7, 11) is 0. The molecule has 0 spiro atoms. The molecule has 0 aliphatic rings. The Labute approximate surface area is 161 Å². The van der Waals surface area contributed by atoms with Gasteiger partial charge in [-0.15, -0.1) is 0 Å². The SMILES string of the molecule is Cc1cccc(NCC[NH2+][C@H](CC(=O)Nc2ccc([N+](=O)[O-])cc2)C(=O)[O-])c1. The summed E-state index contributed by atoms with van der Waals surface area (Å²) < 4.78 is 0. The Morgan fingerprint density at radius 3 is 2.46 bits per heavy atom.